The van der Waals surface area contributed by atoms with Crippen LogP contribution in [0.25, 0.3) is 0 Å². The van der Waals surface area contributed by atoms with Gasteiger partial charge in [-0.3, -0.25) is 9.89 Å². The molecule has 2 rings (SSSR count). The lowest BCUT2D eigenvalue weighted by molar-refractivity contribution is -0.00834. The van der Waals surface area contributed by atoms with E-state index in [-0.39, 0.29) is 17.4 Å². The Kier molecular flexibility index (Phi) is 8.01. The molecule has 0 aromatic heterocycles. The summed E-state index contributed by atoms with van der Waals surface area (Å²) in [5.74, 6) is 0.553. The van der Waals surface area contributed by atoms with Crippen LogP contribution in [0, 0.1) is 5.82 Å². The Morgan fingerprint density at radius 2 is 1.85 bits per heavy atom. The van der Waals surface area contributed by atoms with Crippen LogP contribution in [0.1, 0.15) is 25.5 Å². The lowest BCUT2D eigenvalue weighted by Crippen LogP contribution is -2.56. The number of guanidine groups is 1. The Hall–Kier alpha value is -1.70. The van der Waals surface area contributed by atoms with E-state index in [2.05, 4.69) is 39.3 Å². The number of halogens is 1. The minimum absolute atomic E-state index is 0.0132. The second-order valence-corrected chi connectivity index (χ2v) is 7.75. The van der Waals surface area contributed by atoms with Crippen molar-refractivity contribution >= 4 is 5.96 Å². The van der Waals surface area contributed by atoms with Crippen molar-refractivity contribution in [2.75, 3.05) is 60.5 Å². The van der Waals surface area contributed by atoms with Gasteiger partial charge in [-0.05, 0) is 45.6 Å². The SMILES string of the molecule is CN=C(NCC(c1ccc(F)cc1)N(C)C)NCC(C)(C)N1CCOCC1. The Balaban J connectivity index is 1.90. The molecule has 0 radical (unpaired) electrons. The molecule has 1 atom stereocenters. The monoisotopic (exact) mass is 379 g/mol. The highest BCUT2D eigenvalue weighted by Crippen LogP contribution is 2.18. The lowest BCUT2D eigenvalue weighted by Gasteiger charge is -2.41. The van der Waals surface area contributed by atoms with Crippen LogP contribution in [0.2, 0.25) is 0 Å². The zero-order chi connectivity index (χ0) is 19.9. The fourth-order valence-corrected chi connectivity index (χ4v) is 3.28. The lowest BCUT2D eigenvalue weighted by atomic mass is 10.0. The molecule has 1 aromatic rings. The van der Waals surface area contributed by atoms with Crippen LogP contribution in [-0.4, -0.2) is 81.8 Å². The molecule has 0 saturated carbocycles. The van der Waals surface area contributed by atoms with E-state index in [4.69, 9.17) is 4.74 Å². The molecule has 1 heterocycles. The first-order valence-corrected chi connectivity index (χ1v) is 9.52. The molecule has 0 spiro atoms. The van der Waals surface area contributed by atoms with Gasteiger partial charge < -0.3 is 20.3 Å². The maximum atomic E-state index is 13.2. The van der Waals surface area contributed by atoms with Gasteiger partial charge in [0.25, 0.3) is 0 Å². The molecule has 1 aromatic carbocycles. The van der Waals surface area contributed by atoms with E-state index in [0.29, 0.717) is 6.54 Å². The number of benzene rings is 1. The first-order valence-electron chi connectivity index (χ1n) is 9.52. The van der Waals surface area contributed by atoms with E-state index in [9.17, 15) is 4.39 Å². The maximum absolute atomic E-state index is 13.2. The van der Waals surface area contributed by atoms with E-state index >= 15 is 0 Å². The average Bonchev–Trinajstić information content (AvgIpc) is 2.66. The quantitative estimate of drug-likeness (QED) is 0.558. The van der Waals surface area contributed by atoms with Gasteiger partial charge in [0.1, 0.15) is 5.82 Å². The normalized spacial score (nSPS) is 17.8. The van der Waals surface area contributed by atoms with Crippen molar-refractivity contribution in [1.29, 1.82) is 0 Å². The second-order valence-electron chi connectivity index (χ2n) is 7.75. The van der Waals surface area contributed by atoms with Gasteiger partial charge in [-0.1, -0.05) is 12.1 Å². The Morgan fingerprint density at radius 1 is 1.22 bits per heavy atom. The predicted molar refractivity (Wildman–Crippen MR) is 109 cm³/mol. The number of morpholine rings is 1. The Labute approximate surface area is 162 Å². The first kappa shape index (κ1) is 21.6. The molecule has 1 unspecified atom stereocenters. The number of likely N-dealkylation sites (N-methyl/N-ethyl adjacent to an activating group) is 1. The van der Waals surface area contributed by atoms with Crippen molar-refractivity contribution in [2.45, 2.75) is 25.4 Å². The van der Waals surface area contributed by atoms with Gasteiger partial charge in [0.05, 0.1) is 19.3 Å². The third-order valence-corrected chi connectivity index (χ3v) is 5.12. The summed E-state index contributed by atoms with van der Waals surface area (Å²) < 4.78 is 18.7. The van der Waals surface area contributed by atoms with Crippen molar-refractivity contribution in [2.24, 2.45) is 4.99 Å². The van der Waals surface area contributed by atoms with Crippen LogP contribution in [0.4, 0.5) is 4.39 Å². The topological polar surface area (TPSA) is 52.1 Å². The van der Waals surface area contributed by atoms with Gasteiger partial charge in [-0.2, -0.15) is 0 Å². The van der Waals surface area contributed by atoms with Gasteiger partial charge in [0, 0.05) is 38.8 Å². The van der Waals surface area contributed by atoms with Crippen LogP contribution >= 0.6 is 0 Å². The molecular weight excluding hydrogens is 345 g/mol. The maximum Gasteiger partial charge on any atom is 0.191 e. The number of rotatable bonds is 7. The van der Waals surface area contributed by atoms with Gasteiger partial charge in [0.2, 0.25) is 0 Å². The smallest absolute Gasteiger partial charge is 0.191 e. The molecule has 1 aliphatic rings. The Bertz CT molecular complexity index is 597. The Morgan fingerprint density at radius 3 is 2.41 bits per heavy atom. The summed E-state index contributed by atoms with van der Waals surface area (Å²) in [5, 5.41) is 6.84. The van der Waals surface area contributed by atoms with E-state index in [1.807, 2.05) is 26.2 Å². The van der Waals surface area contributed by atoms with Crippen LogP contribution < -0.4 is 10.6 Å². The zero-order valence-corrected chi connectivity index (χ0v) is 17.3. The van der Waals surface area contributed by atoms with Crippen LogP contribution in [-0.2, 0) is 4.74 Å². The molecule has 1 saturated heterocycles. The molecule has 152 valence electrons. The number of hydrogen-bond donors (Lipinski definition) is 2. The zero-order valence-electron chi connectivity index (χ0n) is 17.3. The third kappa shape index (κ3) is 6.45. The summed E-state index contributed by atoms with van der Waals surface area (Å²) in [5.41, 5.74) is 1.08. The molecule has 27 heavy (non-hydrogen) atoms. The molecule has 0 aliphatic carbocycles. The van der Waals surface area contributed by atoms with Crippen LogP contribution in [0.15, 0.2) is 29.3 Å². The molecular formula is C20H34FN5O. The molecule has 0 amide bonds. The van der Waals surface area contributed by atoms with Gasteiger partial charge in [-0.15, -0.1) is 0 Å². The van der Waals surface area contributed by atoms with Crippen LogP contribution in [0.5, 0.6) is 0 Å². The van der Waals surface area contributed by atoms with E-state index < -0.39 is 0 Å². The molecule has 1 fully saturated rings. The summed E-state index contributed by atoms with van der Waals surface area (Å²) in [4.78, 5) is 8.91. The van der Waals surface area contributed by atoms with Gasteiger partial charge in [-0.25, -0.2) is 4.39 Å². The van der Waals surface area contributed by atoms with E-state index in [0.717, 1.165) is 44.4 Å². The van der Waals surface area contributed by atoms with Gasteiger partial charge >= 0.3 is 0 Å². The van der Waals surface area contributed by atoms with Crippen molar-refractivity contribution in [3.05, 3.63) is 35.6 Å². The number of hydrogen-bond acceptors (Lipinski definition) is 4. The van der Waals surface area contributed by atoms with Crippen LogP contribution in [0.3, 0.4) is 0 Å². The van der Waals surface area contributed by atoms with Crippen molar-refractivity contribution in [3.63, 3.8) is 0 Å². The average molecular weight is 380 g/mol. The van der Waals surface area contributed by atoms with Gasteiger partial charge in [0.15, 0.2) is 5.96 Å². The number of nitrogens with zero attached hydrogens (tertiary/aromatic N) is 3. The summed E-state index contributed by atoms with van der Waals surface area (Å²) in [6.07, 6.45) is 0. The number of aliphatic imine (C=N–C) groups is 1. The van der Waals surface area contributed by atoms with Crippen molar-refractivity contribution in [1.82, 2.24) is 20.4 Å². The molecule has 1 aliphatic heterocycles. The van der Waals surface area contributed by atoms with E-state index in [1.54, 1.807) is 7.05 Å². The standard InChI is InChI=1S/C20H34FN5O/c1-20(2,26-10-12-27-13-11-26)15-24-19(22-3)23-14-18(25(4)5)16-6-8-17(21)9-7-16/h6-9,18H,10-15H2,1-5H3,(H2,22,23,24). The summed E-state index contributed by atoms with van der Waals surface area (Å²) in [6.45, 7) is 9.42. The largest absolute Gasteiger partial charge is 0.379 e. The highest BCUT2D eigenvalue weighted by molar-refractivity contribution is 5.79. The molecule has 0 bridgehead atoms. The molecule has 7 heteroatoms. The minimum Gasteiger partial charge on any atom is -0.379 e. The van der Waals surface area contributed by atoms with Crippen molar-refractivity contribution in [3.8, 4) is 0 Å². The summed E-state index contributed by atoms with van der Waals surface area (Å²) in [7, 11) is 5.82. The molecule has 6 nitrogen and oxygen atoms in total. The fraction of sp³-hybridized carbons (Fsp3) is 0.650. The highest BCUT2D eigenvalue weighted by atomic mass is 19.1. The first-order chi connectivity index (χ1) is 12.8. The minimum atomic E-state index is -0.216. The fourth-order valence-electron chi connectivity index (χ4n) is 3.28. The van der Waals surface area contributed by atoms with Crippen molar-refractivity contribution < 1.29 is 9.13 Å². The summed E-state index contributed by atoms with van der Waals surface area (Å²) in [6, 6.07) is 6.79. The number of ether oxygens (including phenoxy) is 1. The predicted octanol–water partition coefficient (Wildman–Crippen LogP) is 1.70. The molecule has 2 N–H and O–H groups in total. The second kappa shape index (κ2) is 10.0. The highest BCUT2D eigenvalue weighted by Gasteiger charge is 2.28. The third-order valence-electron chi connectivity index (χ3n) is 5.12. The van der Waals surface area contributed by atoms with E-state index in [1.165, 1.54) is 12.1 Å². The summed E-state index contributed by atoms with van der Waals surface area (Å²) >= 11 is 0. The number of nitrogens with one attached hydrogen (secondary N) is 2.